The van der Waals surface area contributed by atoms with Gasteiger partial charge >= 0.3 is 0 Å². The minimum Gasteiger partial charge on any atom is -0.396 e. The summed E-state index contributed by atoms with van der Waals surface area (Å²) in [5.74, 6) is 0.534. The zero-order chi connectivity index (χ0) is 8.27. The van der Waals surface area contributed by atoms with E-state index in [1.54, 1.807) is 0 Å². The number of hydrogen-bond acceptors (Lipinski definition) is 2. The number of rotatable bonds is 2. The summed E-state index contributed by atoms with van der Waals surface area (Å²) >= 11 is 0. The molecule has 0 aromatic heterocycles. The van der Waals surface area contributed by atoms with Gasteiger partial charge in [0, 0.05) is 32.0 Å². The lowest BCUT2D eigenvalue weighted by molar-refractivity contribution is -0.129. The topological polar surface area (TPSA) is 40.5 Å². The molecule has 0 saturated carbocycles. The van der Waals surface area contributed by atoms with Crippen LogP contribution in [0.3, 0.4) is 0 Å². The fourth-order valence-electron chi connectivity index (χ4n) is 1.43. The Balaban J connectivity index is 2.35. The van der Waals surface area contributed by atoms with Crippen molar-refractivity contribution in [2.24, 2.45) is 5.92 Å². The monoisotopic (exact) mass is 157 g/mol. The molecule has 1 aliphatic rings. The Hall–Kier alpha value is -0.570. The minimum atomic E-state index is 0.209. The highest BCUT2D eigenvalue weighted by atomic mass is 16.3. The molecule has 0 aromatic carbocycles. The Morgan fingerprint density at radius 3 is 2.91 bits per heavy atom. The molecule has 3 heteroatoms. The molecule has 0 aromatic rings. The average molecular weight is 157 g/mol. The third-order valence-electron chi connectivity index (χ3n) is 2.20. The molecule has 3 nitrogen and oxygen atoms in total. The number of likely N-dealkylation sites (tertiary alicyclic amines) is 1. The lowest BCUT2D eigenvalue weighted by Gasteiger charge is -2.14. The fourth-order valence-corrected chi connectivity index (χ4v) is 1.43. The Bertz CT molecular complexity index is 147. The van der Waals surface area contributed by atoms with Crippen molar-refractivity contribution in [2.75, 3.05) is 19.7 Å². The predicted molar refractivity (Wildman–Crippen MR) is 42.1 cm³/mol. The van der Waals surface area contributed by atoms with Crippen molar-refractivity contribution in [1.82, 2.24) is 4.90 Å². The van der Waals surface area contributed by atoms with E-state index in [-0.39, 0.29) is 12.5 Å². The lowest BCUT2D eigenvalue weighted by Crippen LogP contribution is -2.28. The highest BCUT2D eigenvalue weighted by molar-refractivity contribution is 5.76. The molecule has 1 atom stereocenters. The van der Waals surface area contributed by atoms with Crippen LogP contribution in [0.1, 0.15) is 19.8 Å². The summed E-state index contributed by atoms with van der Waals surface area (Å²) in [6.45, 7) is 3.67. The first-order valence-electron chi connectivity index (χ1n) is 4.16. The van der Waals surface area contributed by atoms with Gasteiger partial charge in [0.2, 0.25) is 5.91 Å². The van der Waals surface area contributed by atoms with Crippen molar-refractivity contribution < 1.29 is 9.90 Å². The summed E-state index contributed by atoms with van der Waals surface area (Å²) in [6, 6.07) is 0. The molecule has 11 heavy (non-hydrogen) atoms. The van der Waals surface area contributed by atoms with Crippen molar-refractivity contribution >= 4 is 5.91 Å². The van der Waals surface area contributed by atoms with Gasteiger partial charge in [0.1, 0.15) is 0 Å². The second-order valence-electron chi connectivity index (χ2n) is 3.03. The molecule has 1 aliphatic heterocycles. The van der Waals surface area contributed by atoms with E-state index in [2.05, 4.69) is 0 Å². The van der Waals surface area contributed by atoms with Gasteiger partial charge in [0.15, 0.2) is 0 Å². The SMILES string of the molecule is CCC(=O)N1CCC(CO)C1. The number of nitrogens with zero attached hydrogens (tertiary/aromatic N) is 1. The summed E-state index contributed by atoms with van der Waals surface area (Å²) in [4.78, 5) is 13.0. The first kappa shape index (κ1) is 8.53. The van der Waals surface area contributed by atoms with E-state index in [1.807, 2.05) is 11.8 Å². The molecule has 1 fully saturated rings. The van der Waals surface area contributed by atoms with Gasteiger partial charge in [-0.2, -0.15) is 0 Å². The smallest absolute Gasteiger partial charge is 0.222 e. The summed E-state index contributed by atoms with van der Waals surface area (Å²) in [5, 5.41) is 8.80. The average Bonchev–Trinajstić information content (AvgIpc) is 2.50. The summed E-state index contributed by atoms with van der Waals surface area (Å²) in [6.07, 6.45) is 1.54. The molecule has 1 unspecified atom stereocenters. The van der Waals surface area contributed by atoms with Crippen LogP contribution >= 0.6 is 0 Å². The number of hydrogen-bond donors (Lipinski definition) is 1. The molecule has 1 heterocycles. The molecular weight excluding hydrogens is 142 g/mol. The molecule has 1 amide bonds. The molecule has 64 valence electrons. The number of aliphatic hydroxyl groups excluding tert-OH is 1. The molecule has 1 rings (SSSR count). The van der Waals surface area contributed by atoms with Crippen LogP contribution in [0.25, 0.3) is 0 Å². The second-order valence-corrected chi connectivity index (χ2v) is 3.03. The van der Waals surface area contributed by atoms with E-state index >= 15 is 0 Å². The van der Waals surface area contributed by atoms with Crippen molar-refractivity contribution in [3.05, 3.63) is 0 Å². The summed E-state index contributed by atoms with van der Waals surface area (Å²) < 4.78 is 0. The maximum absolute atomic E-state index is 11.1. The maximum atomic E-state index is 11.1. The van der Waals surface area contributed by atoms with Crippen LogP contribution in [0.15, 0.2) is 0 Å². The van der Waals surface area contributed by atoms with Crippen LogP contribution in [0.4, 0.5) is 0 Å². The number of carbonyl (C=O) groups is 1. The fraction of sp³-hybridized carbons (Fsp3) is 0.875. The highest BCUT2D eigenvalue weighted by Crippen LogP contribution is 2.15. The van der Waals surface area contributed by atoms with E-state index in [9.17, 15) is 4.79 Å². The van der Waals surface area contributed by atoms with Crippen LogP contribution in [0.5, 0.6) is 0 Å². The normalized spacial score (nSPS) is 24.2. The zero-order valence-corrected chi connectivity index (χ0v) is 6.92. The van der Waals surface area contributed by atoms with E-state index < -0.39 is 0 Å². The first-order valence-corrected chi connectivity index (χ1v) is 4.16. The quantitative estimate of drug-likeness (QED) is 0.623. The van der Waals surface area contributed by atoms with Crippen LogP contribution in [0, 0.1) is 5.92 Å². The van der Waals surface area contributed by atoms with E-state index in [0.717, 1.165) is 19.5 Å². The zero-order valence-electron chi connectivity index (χ0n) is 6.92. The third kappa shape index (κ3) is 1.93. The number of carbonyl (C=O) groups excluding carboxylic acids is 1. The Morgan fingerprint density at radius 2 is 2.45 bits per heavy atom. The van der Waals surface area contributed by atoms with Gasteiger partial charge in [-0.1, -0.05) is 6.92 Å². The number of amides is 1. The molecular formula is C8H15NO2. The Morgan fingerprint density at radius 1 is 1.73 bits per heavy atom. The van der Waals surface area contributed by atoms with Gasteiger partial charge in [0.05, 0.1) is 0 Å². The molecule has 1 N–H and O–H groups in total. The van der Waals surface area contributed by atoms with Gasteiger partial charge in [-0.25, -0.2) is 0 Å². The van der Waals surface area contributed by atoms with Crippen molar-refractivity contribution in [1.29, 1.82) is 0 Å². The van der Waals surface area contributed by atoms with Gasteiger partial charge in [0.25, 0.3) is 0 Å². The van der Waals surface area contributed by atoms with Crippen LogP contribution < -0.4 is 0 Å². The van der Waals surface area contributed by atoms with Crippen LogP contribution in [-0.4, -0.2) is 35.6 Å². The standard InChI is InChI=1S/C8H15NO2/c1-2-8(11)9-4-3-7(5-9)6-10/h7,10H,2-6H2,1H3. The Kier molecular flexibility index (Phi) is 2.88. The van der Waals surface area contributed by atoms with E-state index in [0.29, 0.717) is 12.3 Å². The van der Waals surface area contributed by atoms with Gasteiger partial charge < -0.3 is 10.0 Å². The minimum absolute atomic E-state index is 0.209. The third-order valence-corrected chi connectivity index (χ3v) is 2.20. The highest BCUT2D eigenvalue weighted by Gasteiger charge is 2.24. The molecule has 0 aliphatic carbocycles. The van der Waals surface area contributed by atoms with Crippen molar-refractivity contribution in [2.45, 2.75) is 19.8 Å². The van der Waals surface area contributed by atoms with Crippen LogP contribution in [-0.2, 0) is 4.79 Å². The van der Waals surface area contributed by atoms with E-state index in [4.69, 9.17) is 5.11 Å². The number of aliphatic hydroxyl groups is 1. The van der Waals surface area contributed by atoms with Crippen molar-refractivity contribution in [3.63, 3.8) is 0 Å². The summed E-state index contributed by atoms with van der Waals surface area (Å²) in [7, 11) is 0. The van der Waals surface area contributed by atoms with Gasteiger partial charge in [-0.05, 0) is 6.42 Å². The molecule has 1 saturated heterocycles. The molecule has 0 spiro atoms. The summed E-state index contributed by atoms with van der Waals surface area (Å²) in [5.41, 5.74) is 0. The first-order chi connectivity index (χ1) is 5.27. The van der Waals surface area contributed by atoms with E-state index in [1.165, 1.54) is 0 Å². The molecule has 0 radical (unpaired) electrons. The Labute approximate surface area is 67.0 Å². The second kappa shape index (κ2) is 3.72. The van der Waals surface area contributed by atoms with Gasteiger partial charge in [-0.3, -0.25) is 4.79 Å². The van der Waals surface area contributed by atoms with Gasteiger partial charge in [-0.15, -0.1) is 0 Å². The maximum Gasteiger partial charge on any atom is 0.222 e. The lowest BCUT2D eigenvalue weighted by atomic mass is 10.1. The largest absolute Gasteiger partial charge is 0.396 e. The predicted octanol–water partition coefficient (Wildman–Crippen LogP) is 0.237. The molecule has 0 bridgehead atoms. The van der Waals surface area contributed by atoms with Crippen LogP contribution in [0.2, 0.25) is 0 Å². The van der Waals surface area contributed by atoms with Crippen molar-refractivity contribution in [3.8, 4) is 0 Å².